The van der Waals surface area contributed by atoms with Gasteiger partial charge in [-0.2, -0.15) is 0 Å². The van der Waals surface area contributed by atoms with Gasteiger partial charge in [-0.1, -0.05) is 30.4 Å². The summed E-state index contributed by atoms with van der Waals surface area (Å²) in [5.41, 5.74) is 3.80. The Balaban J connectivity index is 1.69. The molecule has 0 bridgehead atoms. The first-order chi connectivity index (χ1) is 16.2. The number of esters is 1. The molecule has 2 aliphatic rings. The molecule has 0 radical (unpaired) electrons. The quantitative estimate of drug-likeness (QED) is 0.441. The highest BCUT2D eigenvalue weighted by atomic mass is 16.5. The van der Waals surface area contributed by atoms with Gasteiger partial charge in [-0.05, 0) is 56.5 Å². The molecule has 3 N–H and O–H groups in total. The Morgan fingerprint density at radius 3 is 2.59 bits per heavy atom. The van der Waals surface area contributed by atoms with Crippen molar-refractivity contribution >= 4 is 23.3 Å². The smallest absolute Gasteiger partial charge is 0.343 e. The minimum Gasteiger partial charge on any atom is -0.496 e. The van der Waals surface area contributed by atoms with Gasteiger partial charge >= 0.3 is 5.97 Å². The lowest BCUT2D eigenvalue weighted by molar-refractivity contribution is -0.129. The molecule has 7 nitrogen and oxygen atoms in total. The first kappa shape index (κ1) is 23.3. The minimum atomic E-state index is -0.763. The molecule has 2 aromatic rings. The summed E-state index contributed by atoms with van der Waals surface area (Å²) in [6.07, 6.45) is 8.34. The van der Waals surface area contributed by atoms with Gasteiger partial charge in [0.05, 0.1) is 30.7 Å². The number of benzene rings is 2. The largest absolute Gasteiger partial charge is 0.496 e. The highest BCUT2D eigenvalue weighted by molar-refractivity contribution is 6.07. The number of fused-ring (bicyclic) bond motifs is 1. The number of rotatable bonds is 5. The molecule has 4 rings (SSSR count). The second-order valence-electron chi connectivity index (χ2n) is 8.77. The molecular weight excluding hydrogens is 432 g/mol. The number of carbonyl (C=O) groups is 2. The summed E-state index contributed by atoms with van der Waals surface area (Å²) in [6, 6.07) is 8.82. The van der Waals surface area contributed by atoms with Crippen LogP contribution in [-0.2, 0) is 16.2 Å². The Labute approximate surface area is 198 Å². The van der Waals surface area contributed by atoms with Gasteiger partial charge in [0.2, 0.25) is 5.91 Å². The third-order valence-electron chi connectivity index (χ3n) is 5.97. The minimum absolute atomic E-state index is 0.187. The number of allylic oxidation sites excluding steroid dienone is 4. The topological polar surface area (TPSA) is 96.9 Å². The molecule has 1 aliphatic carbocycles. The molecule has 0 saturated heterocycles. The maximum atomic E-state index is 12.7. The Bertz CT molecular complexity index is 1250. The SMILES string of the molecule is COc1cc(OC(=O)C2=C(C)C=CCC=C2)ccc1-c1ccc2c(c1CO)NC(=O)C(C)(C)N2. The second kappa shape index (κ2) is 9.19. The molecule has 0 unspecified atom stereocenters. The summed E-state index contributed by atoms with van der Waals surface area (Å²) >= 11 is 0. The van der Waals surface area contributed by atoms with E-state index in [1.54, 1.807) is 38.1 Å². The maximum absolute atomic E-state index is 12.7. The van der Waals surface area contributed by atoms with Crippen LogP contribution in [0, 0.1) is 0 Å². The lowest BCUT2D eigenvalue weighted by atomic mass is 9.93. The van der Waals surface area contributed by atoms with E-state index in [9.17, 15) is 14.7 Å². The van der Waals surface area contributed by atoms with Crippen LogP contribution in [0.1, 0.15) is 32.8 Å². The zero-order valence-electron chi connectivity index (χ0n) is 19.7. The van der Waals surface area contributed by atoms with Gasteiger partial charge in [0, 0.05) is 17.2 Å². The zero-order chi connectivity index (χ0) is 24.5. The van der Waals surface area contributed by atoms with Crippen molar-refractivity contribution in [1.82, 2.24) is 0 Å². The summed E-state index contributed by atoms with van der Waals surface area (Å²) in [5, 5.41) is 16.3. The van der Waals surface area contributed by atoms with Crippen LogP contribution in [0.4, 0.5) is 11.4 Å². The van der Waals surface area contributed by atoms with E-state index in [0.29, 0.717) is 39.4 Å². The summed E-state index contributed by atoms with van der Waals surface area (Å²) in [4.78, 5) is 25.2. The van der Waals surface area contributed by atoms with Crippen molar-refractivity contribution < 1.29 is 24.2 Å². The van der Waals surface area contributed by atoms with Gasteiger partial charge in [0.1, 0.15) is 17.0 Å². The van der Waals surface area contributed by atoms with E-state index in [1.807, 2.05) is 37.3 Å². The van der Waals surface area contributed by atoms with Crippen LogP contribution in [0.15, 0.2) is 65.8 Å². The van der Waals surface area contributed by atoms with Crippen molar-refractivity contribution in [3.05, 3.63) is 71.3 Å². The molecule has 7 heteroatoms. The predicted octanol–water partition coefficient (Wildman–Crippen LogP) is 4.74. The van der Waals surface area contributed by atoms with Crippen LogP contribution in [0.3, 0.4) is 0 Å². The average Bonchev–Trinajstić information content (AvgIpc) is 3.03. The van der Waals surface area contributed by atoms with Gasteiger partial charge in [-0.15, -0.1) is 0 Å². The Hall–Kier alpha value is -3.84. The van der Waals surface area contributed by atoms with Crippen LogP contribution in [0.5, 0.6) is 11.5 Å². The number of aliphatic hydroxyl groups excluding tert-OH is 1. The van der Waals surface area contributed by atoms with E-state index in [0.717, 1.165) is 17.7 Å². The Morgan fingerprint density at radius 1 is 1.12 bits per heavy atom. The van der Waals surface area contributed by atoms with Gasteiger partial charge in [-0.3, -0.25) is 4.79 Å². The van der Waals surface area contributed by atoms with E-state index in [2.05, 4.69) is 10.6 Å². The fourth-order valence-electron chi connectivity index (χ4n) is 4.05. The zero-order valence-corrected chi connectivity index (χ0v) is 19.7. The van der Waals surface area contributed by atoms with E-state index < -0.39 is 11.5 Å². The van der Waals surface area contributed by atoms with Crippen LogP contribution in [-0.4, -0.2) is 29.6 Å². The van der Waals surface area contributed by atoms with Gasteiger partial charge in [0.15, 0.2) is 0 Å². The number of ether oxygens (including phenoxy) is 2. The first-order valence-electron chi connectivity index (χ1n) is 11.1. The molecule has 0 aromatic heterocycles. The number of hydrogen-bond acceptors (Lipinski definition) is 6. The van der Waals surface area contributed by atoms with E-state index in [4.69, 9.17) is 9.47 Å². The van der Waals surface area contributed by atoms with Crippen molar-refractivity contribution in [2.75, 3.05) is 17.7 Å². The van der Waals surface area contributed by atoms with Crippen LogP contribution < -0.4 is 20.1 Å². The fourth-order valence-corrected chi connectivity index (χ4v) is 4.05. The maximum Gasteiger partial charge on any atom is 0.343 e. The molecule has 0 atom stereocenters. The molecular formula is C27H28N2O5. The molecule has 34 heavy (non-hydrogen) atoms. The second-order valence-corrected chi connectivity index (χ2v) is 8.77. The third-order valence-corrected chi connectivity index (χ3v) is 5.97. The summed E-state index contributed by atoms with van der Waals surface area (Å²) in [7, 11) is 1.53. The van der Waals surface area contributed by atoms with Crippen LogP contribution >= 0.6 is 0 Å². The van der Waals surface area contributed by atoms with Gasteiger partial charge in [0.25, 0.3) is 0 Å². The number of anilines is 2. The highest BCUT2D eigenvalue weighted by Crippen LogP contribution is 2.42. The van der Waals surface area contributed by atoms with Crippen molar-refractivity contribution in [1.29, 1.82) is 0 Å². The summed E-state index contributed by atoms with van der Waals surface area (Å²) in [5.74, 6) is 0.176. The molecule has 1 aliphatic heterocycles. The van der Waals surface area contributed by atoms with Gasteiger partial charge in [-0.25, -0.2) is 4.79 Å². The van der Waals surface area contributed by atoms with Crippen molar-refractivity contribution in [2.24, 2.45) is 0 Å². The molecule has 0 saturated carbocycles. The number of hydrogen-bond donors (Lipinski definition) is 3. The first-order valence-corrected chi connectivity index (χ1v) is 11.1. The number of amides is 1. The molecule has 176 valence electrons. The summed E-state index contributed by atoms with van der Waals surface area (Å²) in [6.45, 7) is 5.17. The van der Waals surface area contributed by atoms with Crippen molar-refractivity contribution in [3.63, 3.8) is 0 Å². The van der Waals surface area contributed by atoms with E-state index in [-0.39, 0.29) is 12.5 Å². The average molecular weight is 461 g/mol. The number of nitrogens with one attached hydrogen (secondary N) is 2. The molecule has 1 amide bonds. The fraction of sp³-hybridized carbons (Fsp3) is 0.259. The number of carbonyl (C=O) groups excluding carboxylic acids is 2. The van der Waals surface area contributed by atoms with Gasteiger partial charge < -0.3 is 25.2 Å². The number of aliphatic hydroxyl groups is 1. The highest BCUT2D eigenvalue weighted by Gasteiger charge is 2.34. The predicted molar refractivity (Wildman–Crippen MR) is 132 cm³/mol. The van der Waals surface area contributed by atoms with E-state index in [1.165, 1.54) is 7.11 Å². The monoisotopic (exact) mass is 460 g/mol. The van der Waals surface area contributed by atoms with Crippen LogP contribution in [0.25, 0.3) is 11.1 Å². The summed E-state index contributed by atoms with van der Waals surface area (Å²) < 4.78 is 11.2. The lowest BCUT2D eigenvalue weighted by Gasteiger charge is -2.34. The molecule has 0 fully saturated rings. The lowest BCUT2D eigenvalue weighted by Crippen LogP contribution is -2.47. The third kappa shape index (κ3) is 4.34. The molecule has 1 heterocycles. The normalized spacial score (nSPS) is 16.3. The Kier molecular flexibility index (Phi) is 6.30. The number of methoxy groups -OCH3 is 1. The van der Waals surface area contributed by atoms with E-state index >= 15 is 0 Å². The van der Waals surface area contributed by atoms with Crippen molar-refractivity contribution in [2.45, 2.75) is 39.3 Å². The molecule has 0 spiro atoms. The Morgan fingerprint density at radius 2 is 1.85 bits per heavy atom. The molecule has 2 aromatic carbocycles. The van der Waals surface area contributed by atoms with Crippen molar-refractivity contribution in [3.8, 4) is 22.6 Å². The van der Waals surface area contributed by atoms with Crippen LogP contribution in [0.2, 0.25) is 0 Å². The standard InChI is InChI=1S/C27H28N2O5/c1-16-8-6-5-7-9-18(16)25(31)34-17-10-11-20(23(14-17)33-4)19-12-13-22-24(21(19)15-30)28-26(32)27(2,3)29-22/h6-14,29-30H,5,15H2,1-4H3,(H,28,32).